The Morgan fingerprint density at radius 3 is 2.66 bits per heavy atom. The summed E-state index contributed by atoms with van der Waals surface area (Å²) in [5, 5.41) is 23.7. The summed E-state index contributed by atoms with van der Waals surface area (Å²) in [6.07, 6.45) is 3.39. The first kappa shape index (κ1) is 24.8. The maximum Gasteiger partial charge on any atom is 0.322 e. The van der Waals surface area contributed by atoms with E-state index < -0.39 is 35.3 Å². The van der Waals surface area contributed by atoms with Crippen LogP contribution in [-0.2, 0) is 24.4 Å². The lowest BCUT2D eigenvalue weighted by atomic mass is 10.0. The number of hydrogen-bond acceptors (Lipinski definition) is 7. The molecule has 1 aliphatic rings. The van der Waals surface area contributed by atoms with Gasteiger partial charge in [-0.25, -0.2) is 0 Å². The quantitative estimate of drug-likeness (QED) is 0.326. The van der Waals surface area contributed by atoms with Gasteiger partial charge in [0.1, 0.15) is 17.9 Å². The van der Waals surface area contributed by atoms with Crippen LogP contribution in [0.5, 0.6) is 5.75 Å². The third kappa shape index (κ3) is 4.76. The number of aromatic amines is 1. The SMILES string of the molecule is O=C(O)CNC(=O)c1c(O)c2c(n(Cc3cccc(-c4cccnc4)c3)c1=O)CN(C(=O)c1csc[nH+]1)C2. The van der Waals surface area contributed by atoms with E-state index in [1.165, 1.54) is 20.8 Å². The largest absolute Gasteiger partial charge is 0.506 e. The highest BCUT2D eigenvalue weighted by Crippen LogP contribution is 2.33. The number of aromatic nitrogens is 3. The molecule has 0 saturated carbocycles. The van der Waals surface area contributed by atoms with Crippen LogP contribution >= 0.6 is 11.3 Å². The zero-order chi connectivity index (χ0) is 26.8. The minimum atomic E-state index is -1.30. The smallest absolute Gasteiger partial charge is 0.322 e. The van der Waals surface area contributed by atoms with Crippen molar-refractivity contribution in [2.45, 2.75) is 19.6 Å². The topological polar surface area (TPSA) is 156 Å². The van der Waals surface area contributed by atoms with Crippen LogP contribution in [0.3, 0.4) is 0 Å². The normalized spacial score (nSPS) is 12.3. The van der Waals surface area contributed by atoms with Crippen molar-refractivity contribution in [3.05, 3.63) is 98.1 Å². The van der Waals surface area contributed by atoms with Gasteiger partial charge in [0.2, 0.25) is 5.51 Å². The molecule has 0 aliphatic carbocycles. The minimum absolute atomic E-state index is 0.0289. The highest BCUT2D eigenvalue weighted by Gasteiger charge is 2.35. The first-order valence-corrected chi connectivity index (χ1v) is 12.5. The van der Waals surface area contributed by atoms with Crippen molar-refractivity contribution >= 4 is 29.1 Å². The molecule has 0 fully saturated rings. The molecular formula is C26H22N5O6S+. The first-order valence-electron chi connectivity index (χ1n) is 11.5. The molecular weight excluding hydrogens is 510 g/mol. The molecule has 192 valence electrons. The first-order chi connectivity index (χ1) is 18.3. The zero-order valence-corrected chi connectivity index (χ0v) is 20.7. The van der Waals surface area contributed by atoms with E-state index in [9.17, 15) is 24.3 Å². The Kier molecular flexibility index (Phi) is 6.71. The number of benzene rings is 1. The molecule has 38 heavy (non-hydrogen) atoms. The van der Waals surface area contributed by atoms with E-state index in [-0.39, 0.29) is 31.1 Å². The van der Waals surface area contributed by atoms with E-state index in [1.54, 1.807) is 23.3 Å². The highest BCUT2D eigenvalue weighted by molar-refractivity contribution is 7.07. The Labute approximate surface area is 219 Å². The van der Waals surface area contributed by atoms with Gasteiger partial charge in [-0.2, -0.15) is 4.98 Å². The van der Waals surface area contributed by atoms with Gasteiger partial charge in [0, 0.05) is 23.7 Å². The molecule has 4 heterocycles. The summed E-state index contributed by atoms with van der Waals surface area (Å²) in [5.74, 6) is -3.18. The van der Waals surface area contributed by atoms with Crippen LogP contribution < -0.4 is 15.9 Å². The van der Waals surface area contributed by atoms with Crippen molar-refractivity contribution in [2.24, 2.45) is 0 Å². The van der Waals surface area contributed by atoms with Gasteiger partial charge in [0.25, 0.3) is 17.2 Å². The molecule has 12 heteroatoms. The van der Waals surface area contributed by atoms with Crippen molar-refractivity contribution in [1.29, 1.82) is 0 Å². The zero-order valence-electron chi connectivity index (χ0n) is 19.9. The van der Waals surface area contributed by atoms with Crippen molar-refractivity contribution in [2.75, 3.05) is 6.54 Å². The number of fused-ring (bicyclic) bond motifs is 1. The van der Waals surface area contributed by atoms with E-state index >= 15 is 0 Å². The number of nitrogens with zero attached hydrogens (tertiary/aromatic N) is 3. The van der Waals surface area contributed by atoms with Crippen molar-refractivity contribution in [1.82, 2.24) is 19.8 Å². The summed E-state index contributed by atoms with van der Waals surface area (Å²) < 4.78 is 1.36. The number of carboxylic acid groups (broad SMARTS) is 1. The predicted molar refractivity (Wildman–Crippen MR) is 136 cm³/mol. The van der Waals surface area contributed by atoms with Crippen LogP contribution in [0.25, 0.3) is 11.1 Å². The van der Waals surface area contributed by atoms with E-state index in [0.29, 0.717) is 11.4 Å². The lowest BCUT2D eigenvalue weighted by Gasteiger charge is -2.16. The number of carboxylic acids is 1. The monoisotopic (exact) mass is 532 g/mol. The fraction of sp³-hybridized carbons (Fsp3) is 0.154. The van der Waals surface area contributed by atoms with Gasteiger partial charge in [-0.05, 0) is 28.8 Å². The summed E-state index contributed by atoms with van der Waals surface area (Å²) in [5.41, 5.74) is 3.84. The summed E-state index contributed by atoms with van der Waals surface area (Å²) >= 11 is 1.32. The highest BCUT2D eigenvalue weighted by atomic mass is 32.1. The van der Waals surface area contributed by atoms with Crippen LogP contribution in [0, 0.1) is 0 Å². The number of nitrogens with one attached hydrogen (secondary N) is 2. The molecule has 0 radical (unpaired) electrons. The number of H-pyrrole nitrogens is 1. The second-order valence-corrected chi connectivity index (χ2v) is 9.39. The number of hydrogen-bond donors (Lipinski definition) is 3. The van der Waals surface area contributed by atoms with Crippen LogP contribution in [0.1, 0.15) is 37.7 Å². The number of carbonyl (C=O) groups is 3. The van der Waals surface area contributed by atoms with Crippen LogP contribution in [-0.4, -0.2) is 49.0 Å². The molecule has 4 N–H and O–H groups in total. The number of amides is 2. The van der Waals surface area contributed by atoms with Gasteiger partial charge in [-0.15, -0.1) is 0 Å². The average Bonchev–Trinajstić information content (AvgIpc) is 3.61. The van der Waals surface area contributed by atoms with E-state index in [2.05, 4.69) is 15.3 Å². The molecule has 5 rings (SSSR count). The van der Waals surface area contributed by atoms with Gasteiger partial charge in [0.15, 0.2) is 0 Å². The summed E-state index contributed by atoms with van der Waals surface area (Å²) in [6.45, 7) is -0.652. The second-order valence-electron chi connectivity index (χ2n) is 8.65. The molecule has 4 aromatic rings. The summed E-state index contributed by atoms with van der Waals surface area (Å²) in [4.78, 5) is 58.8. The Morgan fingerprint density at radius 1 is 1.13 bits per heavy atom. The number of pyridine rings is 2. The molecule has 2 amide bonds. The van der Waals surface area contributed by atoms with Crippen molar-refractivity contribution in [3.8, 4) is 16.9 Å². The van der Waals surface area contributed by atoms with Crippen LogP contribution in [0.4, 0.5) is 0 Å². The molecule has 0 bridgehead atoms. The van der Waals surface area contributed by atoms with Gasteiger partial charge >= 0.3 is 11.9 Å². The number of carbonyl (C=O) groups excluding carboxylic acids is 2. The predicted octanol–water partition coefficient (Wildman–Crippen LogP) is 1.51. The average molecular weight is 533 g/mol. The third-order valence-electron chi connectivity index (χ3n) is 6.22. The molecule has 11 nitrogen and oxygen atoms in total. The Hall–Kier alpha value is -4.84. The van der Waals surface area contributed by atoms with Crippen LogP contribution in [0.15, 0.2) is 64.5 Å². The second kappa shape index (κ2) is 10.3. The maximum atomic E-state index is 13.6. The molecule has 0 spiro atoms. The lowest BCUT2D eigenvalue weighted by Crippen LogP contribution is -2.37. The Balaban J connectivity index is 1.57. The standard InChI is InChI=1S/C26H21N5O6S/c32-21(33)9-28-24(35)22-23(34)18-11-30(25(36)19-13-38-14-29-19)12-20(18)31(26(22)37)10-15-3-1-4-16(7-15)17-5-2-6-27-8-17/h1-8,13-14,34H,9-12H2,(H,28,35)(H,32,33)/p+1. The van der Waals surface area contributed by atoms with Crippen molar-refractivity contribution < 1.29 is 29.6 Å². The number of aliphatic carboxylic acids is 1. The fourth-order valence-corrected chi connectivity index (χ4v) is 4.99. The lowest BCUT2D eigenvalue weighted by molar-refractivity contribution is -0.375. The van der Waals surface area contributed by atoms with Crippen molar-refractivity contribution in [3.63, 3.8) is 0 Å². The van der Waals surface area contributed by atoms with Gasteiger partial charge < -0.3 is 25.0 Å². The van der Waals surface area contributed by atoms with E-state index in [1.807, 2.05) is 36.4 Å². The summed E-state index contributed by atoms with van der Waals surface area (Å²) in [6, 6.07) is 11.2. The third-order valence-corrected chi connectivity index (χ3v) is 6.85. The molecule has 1 aromatic carbocycles. The molecule has 0 atom stereocenters. The molecule has 3 aromatic heterocycles. The Bertz CT molecular complexity index is 1600. The number of aromatic hydroxyl groups is 1. The van der Waals surface area contributed by atoms with Gasteiger partial charge in [-0.1, -0.05) is 35.6 Å². The molecule has 1 aliphatic heterocycles. The van der Waals surface area contributed by atoms with Crippen LogP contribution in [0.2, 0.25) is 0 Å². The number of rotatable bonds is 7. The maximum absolute atomic E-state index is 13.6. The molecule has 0 unspecified atom stereocenters. The Morgan fingerprint density at radius 2 is 1.95 bits per heavy atom. The van der Waals surface area contributed by atoms with Gasteiger partial charge in [0.05, 0.1) is 25.0 Å². The fourth-order valence-electron chi connectivity index (χ4n) is 4.42. The minimum Gasteiger partial charge on any atom is -0.506 e. The summed E-state index contributed by atoms with van der Waals surface area (Å²) in [7, 11) is 0. The van der Waals surface area contributed by atoms with Gasteiger partial charge in [-0.3, -0.25) is 24.2 Å². The molecule has 0 saturated heterocycles. The van der Waals surface area contributed by atoms with E-state index in [4.69, 9.17) is 5.11 Å². The van der Waals surface area contributed by atoms with E-state index in [0.717, 1.165) is 16.7 Å². The number of thiazole rings is 1.